The Morgan fingerprint density at radius 2 is 0.977 bits per heavy atom. The van der Waals surface area contributed by atoms with Crippen molar-refractivity contribution >= 4 is 11.9 Å². The Kier molecular flexibility index (Phi) is 32.8. The minimum atomic E-state index is -0.715. The lowest BCUT2D eigenvalue weighted by molar-refractivity contribution is -0.150. The molecule has 1 unspecified atom stereocenters. The SMILES string of the molecule is CC/C=C\C/C=C\C/C=C\C/C=C\CCCCC(=O)OC(CCC/C=C\C/C=C\CCCCC)CCCCCCCC(=O)O. The van der Waals surface area contributed by atoms with E-state index in [-0.39, 0.29) is 18.5 Å². The van der Waals surface area contributed by atoms with Crippen LogP contribution < -0.4 is 0 Å². The number of carboxylic acid groups (broad SMARTS) is 1. The summed E-state index contributed by atoms with van der Waals surface area (Å²) in [6.45, 7) is 4.39. The molecule has 0 saturated carbocycles. The maximum absolute atomic E-state index is 12.6. The van der Waals surface area contributed by atoms with Crippen LogP contribution in [0.5, 0.6) is 0 Å². The third kappa shape index (κ3) is 33.9. The summed E-state index contributed by atoms with van der Waals surface area (Å²) in [7, 11) is 0. The van der Waals surface area contributed by atoms with E-state index < -0.39 is 5.97 Å². The first kappa shape index (κ1) is 41.4. The molecule has 44 heavy (non-hydrogen) atoms. The van der Waals surface area contributed by atoms with Crippen LogP contribution in [0, 0.1) is 0 Å². The highest BCUT2D eigenvalue weighted by Gasteiger charge is 2.14. The van der Waals surface area contributed by atoms with Gasteiger partial charge < -0.3 is 9.84 Å². The summed E-state index contributed by atoms with van der Waals surface area (Å²) in [5.41, 5.74) is 0. The molecular weight excluding hydrogens is 544 g/mol. The van der Waals surface area contributed by atoms with Crippen molar-refractivity contribution < 1.29 is 19.4 Å². The molecular formula is C40H66O4. The third-order valence-corrected chi connectivity index (χ3v) is 7.41. The van der Waals surface area contributed by atoms with Crippen molar-refractivity contribution in [3.8, 4) is 0 Å². The van der Waals surface area contributed by atoms with E-state index >= 15 is 0 Å². The molecule has 0 amide bonds. The van der Waals surface area contributed by atoms with Crippen molar-refractivity contribution in [2.24, 2.45) is 0 Å². The van der Waals surface area contributed by atoms with E-state index in [9.17, 15) is 9.59 Å². The maximum atomic E-state index is 12.6. The Morgan fingerprint density at radius 3 is 1.55 bits per heavy atom. The molecule has 0 aliphatic rings. The fourth-order valence-electron chi connectivity index (χ4n) is 4.80. The predicted octanol–water partition coefficient (Wildman–Crippen LogP) is 12.3. The Balaban J connectivity index is 4.25. The lowest BCUT2D eigenvalue weighted by Gasteiger charge is -2.18. The summed E-state index contributed by atoms with van der Waals surface area (Å²) in [6.07, 6.45) is 49.1. The highest BCUT2D eigenvalue weighted by Crippen LogP contribution is 2.17. The van der Waals surface area contributed by atoms with Crippen LogP contribution in [0.25, 0.3) is 0 Å². The molecule has 0 fully saturated rings. The fourth-order valence-corrected chi connectivity index (χ4v) is 4.80. The van der Waals surface area contributed by atoms with Crippen molar-refractivity contribution in [1.82, 2.24) is 0 Å². The second kappa shape index (κ2) is 34.9. The van der Waals surface area contributed by atoms with Gasteiger partial charge in [-0.05, 0) is 103 Å². The number of allylic oxidation sites excluding steroid dienone is 12. The summed E-state index contributed by atoms with van der Waals surface area (Å²) < 4.78 is 5.93. The number of ether oxygens (including phenoxy) is 1. The first-order valence-corrected chi connectivity index (χ1v) is 17.9. The van der Waals surface area contributed by atoms with E-state index in [1.165, 1.54) is 25.7 Å². The van der Waals surface area contributed by atoms with Gasteiger partial charge in [0, 0.05) is 12.8 Å². The molecule has 0 spiro atoms. The molecule has 4 nitrogen and oxygen atoms in total. The number of esters is 1. The molecule has 1 atom stereocenters. The number of carbonyl (C=O) groups is 2. The van der Waals surface area contributed by atoms with Gasteiger partial charge in [0.2, 0.25) is 0 Å². The highest BCUT2D eigenvalue weighted by atomic mass is 16.5. The largest absolute Gasteiger partial charge is 0.481 e. The Labute approximate surface area is 271 Å². The number of unbranched alkanes of at least 4 members (excludes halogenated alkanes) is 10. The summed E-state index contributed by atoms with van der Waals surface area (Å²) in [5.74, 6) is -0.780. The van der Waals surface area contributed by atoms with Gasteiger partial charge in [-0.1, -0.05) is 119 Å². The van der Waals surface area contributed by atoms with Gasteiger partial charge in [-0.2, -0.15) is 0 Å². The van der Waals surface area contributed by atoms with Gasteiger partial charge in [0.1, 0.15) is 6.10 Å². The molecule has 0 bridgehead atoms. The van der Waals surface area contributed by atoms with Crippen LogP contribution in [0.2, 0.25) is 0 Å². The van der Waals surface area contributed by atoms with Gasteiger partial charge >= 0.3 is 11.9 Å². The Hall–Kier alpha value is -2.62. The summed E-state index contributed by atoms with van der Waals surface area (Å²) in [6, 6.07) is 0. The third-order valence-electron chi connectivity index (χ3n) is 7.41. The first-order chi connectivity index (χ1) is 21.6. The van der Waals surface area contributed by atoms with Crippen LogP contribution in [0.3, 0.4) is 0 Å². The van der Waals surface area contributed by atoms with Crippen LogP contribution in [0.1, 0.15) is 162 Å². The Morgan fingerprint density at radius 1 is 0.523 bits per heavy atom. The van der Waals surface area contributed by atoms with Gasteiger partial charge in [-0.3, -0.25) is 9.59 Å². The van der Waals surface area contributed by atoms with Gasteiger partial charge in [-0.15, -0.1) is 0 Å². The lowest BCUT2D eigenvalue weighted by atomic mass is 10.0. The molecule has 0 heterocycles. The molecule has 250 valence electrons. The standard InChI is InChI=1S/C40H66O4/c1-3-5-7-9-11-13-15-16-17-18-20-22-24-29-33-37-40(43)44-38(35-31-27-25-28-32-36-39(41)42)34-30-26-23-21-19-14-12-10-8-6-4-2/h5,7,11-14,16-17,20-23,38H,3-4,6,8-10,15,18-19,24-37H2,1-2H3,(H,41,42)/b7-5-,13-11-,14-12-,17-16-,22-20-,23-21-. The van der Waals surface area contributed by atoms with E-state index in [2.05, 4.69) is 86.8 Å². The second-order valence-corrected chi connectivity index (χ2v) is 11.7. The molecule has 0 aliphatic carbocycles. The molecule has 0 radical (unpaired) electrons. The summed E-state index contributed by atoms with van der Waals surface area (Å²) in [5, 5.41) is 8.79. The maximum Gasteiger partial charge on any atom is 0.306 e. The average Bonchev–Trinajstić information content (AvgIpc) is 3.00. The van der Waals surface area contributed by atoms with Crippen molar-refractivity contribution in [3.63, 3.8) is 0 Å². The smallest absolute Gasteiger partial charge is 0.306 e. The van der Waals surface area contributed by atoms with Crippen LogP contribution in [-0.2, 0) is 14.3 Å². The number of carbonyl (C=O) groups excluding carboxylic acids is 1. The lowest BCUT2D eigenvalue weighted by Crippen LogP contribution is -2.18. The molecule has 4 heteroatoms. The number of carboxylic acids is 1. The molecule has 1 N–H and O–H groups in total. The van der Waals surface area contributed by atoms with Crippen molar-refractivity contribution in [2.75, 3.05) is 0 Å². The summed E-state index contributed by atoms with van der Waals surface area (Å²) in [4.78, 5) is 23.3. The van der Waals surface area contributed by atoms with E-state index in [0.29, 0.717) is 6.42 Å². The Bertz CT molecular complexity index is 830. The zero-order valence-electron chi connectivity index (χ0n) is 28.4. The van der Waals surface area contributed by atoms with Gasteiger partial charge in [0.25, 0.3) is 0 Å². The van der Waals surface area contributed by atoms with Crippen molar-refractivity contribution in [2.45, 2.75) is 168 Å². The van der Waals surface area contributed by atoms with E-state index in [1.807, 2.05) is 0 Å². The molecule has 0 aromatic rings. The van der Waals surface area contributed by atoms with Gasteiger partial charge in [-0.25, -0.2) is 0 Å². The van der Waals surface area contributed by atoms with E-state index in [0.717, 1.165) is 109 Å². The zero-order chi connectivity index (χ0) is 32.2. The van der Waals surface area contributed by atoms with Gasteiger partial charge in [0.05, 0.1) is 0 Å². The minimum absolute atomic E-state index is 0.0114. The number of hydrogen-bond acceptors (Lipinski definition) is 3. The van der Waals surface area contributed by atoms with Crippen molar-refractivity contribution in [3.05, 3.63) is 72.9 Å². The van der Waals surface area contributed by atoms with E-state index in [1.54, 1.807) is 0 Å². The topological polar surface area (TPSA) is 63.6 Å². The number of aliphatic carboxylic acids is 1. The molecule has 0 aromatic carbocycles. The zero-order valence-corrected chi connectivity index (χ0v) is 28.4. The molecule has 0 saturated heterocycles. The predicted molar refractivity (Wildman–Crippen MR) is 190 cm³/mol. The van der Waals surface area contributed by atoms with Crippen LogP contribution >= 0.6 is 0 Å². The highest BCUT2D eigenvalue weighted by molar-refractivity contribution is 5.69. The van der Waals surface area contributed by atoms with Crippen LogP contribution in [-0.4, -0.2) is 23.1 Å². The van der Waals surface area contributed by atoms with E-state index in [4.69, 9.17) is 9.84 Å². The summed E-state index contributed by atoms with van der Waals surface area (Å²) >= 11 is 0. The van der Waals surface area contributed by atoms with Crippen molar-refractivity contribution in [1.29, 1.82) is 0 Å². The first-order valence-electron chi connectivity index (χ1n) is 17.9. The minimum Gasteiger partial charge on any atom is -0.481 e. The molecule has 0 aromatic heterocycles. The fraction of sp³-hybridized carbons (Fsp3) is 0.650. The van der Waals surface area contributed by atoms with Gasteiger partial charge in [0.15, 0.2) is 0 Å². The van der Waals surface area contributed by atoms with Crippen LogP contribution in [0.4, 0.5) is 0 Å². The molecule has 0 rings (SSSR count). The second-order valence-electron chi connectivity index (χ2n) is 11.7. The molecule has 0 aliphatic heterocycles. The number of hydrogen-bond donors (Lipinski definition) is 1. The quantitative estimate of drug-likeness (QED) is 0.0482. The normalized spacial score (nSPS) is 13.1. The van der Waals surface area contributed by atoms with Crippen LogP contribution in [0.15, 0.2) is 72.9 Å². The average molecular weight is 611 g/mol. The monoisotopic (exact) mass is 610 g/mol. The number of rotatable bonds is 31.